The molecule has 1 N–H and O–H groups in total. The minimum Gasteiger partial charge on any atom is -0.462 e. The maximum absolute atomic E-state index is 12.5. The SMILES string of the molecule is CO[C@@H]1[C@@H](OC)[C@@H](O)O[C@H](CO[Si](c2ccccc2)(c2ccccc2)C(C)(C)C)[C@H]1O[C@H]1O[C@H]([C@@H](COC(C)=O)OC(C)=O)[C@H](OC(C)=O)[C@@H]1OC(C)=O. The Morgan fingerprint density at radius 3 is 1.72 bits per heavy atom. The summed E-state index contributed by atoms with van der Waals surface area (Å²) in [5, 5.41) is 12.8. The van der Waals surface area contributed by atoms with Gasteiger partial charge in [-0.15, -0.1) is 0 Å². The molecule has 54 heavy (non-hydrogen) atoms. The molecule has 2 aliphatic heterocycles. The lowest BCUT2D eigenvalue weighted by Gasteiger charge is -2.47. The molecule has 2 aromatic rings. The molecule has 0 saturated carbocycles. The third-order valence-electron chi connectivity index (χ3n) is 9.27. The third kappa shape index (κ3) is 9.91. The molecule has 298 valence electrons. The minimum atomic E-state index is -3.15. The third-order valence-corrected chi connectivity index (χ3v) is 14.3. The largest absolute Gasteiger partial charge is 0.462 e. The van der Waals surface area contributed by atoms with Gasteiger partial charge < -0.3 is 52.2 Å². The van der Waals surface area contributed by atoms with E-state index in [0.717, 1.165) is 31.1 Å². The fourth-order valence-corrected chi connectivity index (χ4v) is 11.7. The molecule has 0 aromatic heterocycles. The molecule has 2 saturated heterocycles. The van der Waals surface area contributed by atoms with E-state index >= 15 is 0 Å². The standard InChI is InChI=1S/C38H52O15Si/c1-22(39)46-20-28(48-23(2)40)31-33(49-24(3)41)35(50-25(4)42)37(53-31)52-30-29(51-36(43)34(45-9)32(30)44-8)21-47-54(38(5,6)7,26-16-12-10-13-17-26)27-18-14-11-15-19-27/h10-19,28-37,43H,20-21H2,1-9H3/t28-,29-,30-,31-,32+,33+,34-,35+,36+,37+/m1/s1. The molecule has 16 heteroatoms. The number of carbonyl (C=O) groups excluding carboxylic acids is 4. The van der Waals surface area contributed by atoms with Crippen molar-refractivity contribution in [3.8, 4) is 0 Å². The van der Waals surface area contributed by atoms with E-state index in [4.69, 9.17) is 47.1 Å². The predicted octanol–water partition coefficient (Wildman–Crippen LogP) is 1.78. The van der Waals surface area contributed by atoms with Gasteiger partial charge in [-0.1, -0.05) is 81.4 Å². The Bertz CT molecular complexity index is 1510. The summed E-state index contributed by atoms with van der Waals surface area (Å²) < 4.78 is 59.5. The summed E-state index contributed by atoms with van der Waals surface area (Å²) in [5.74, 6) is -2.95. The van der Waals surface area contributed by atoms with Crippen LogP contribution in [0.4, 0.5) is 0 Å². The molecular weight excluding hydrogens is 724 g/mol. The molecule has 4 rings (SSSR count). The maximum Gasteiger partial charge on any atom is 0.303 e. The van der Waals surface area contributed by atoms with Crippen molar-refractivity contribution in [2.24, 2.45) is 0 Å². The molecule has 0 unspecified atom stereocenters. The van der Waals surface area contributed by atoms with Gasteiger partial charge in [0.2, 0.25) is 0 Å². The van der Waals surface area contributed by atoms with Crippen LogP contribution in [0.3, 0.4) is 0 Å². The van der Waals surface area contributed by atoms with Gasteiger partial charge in [0, 0.05) is 41.9 Å². The molecule has 0 radical (unpaired) electrons. The molecule has 15 nitrogen and oxygen atoms in total. The minimum absolute atomic E-state index is 0.115. The van der Waals surface area contributed by atoms with Gasteiger partial charge in [-0.25, -0.2) is 0 Å². The number of aliphatic hydroxyl groups is 1. The van der Waals surface area contributed by atoms with Crippen molar-refractivity contribution in [3.63, 3.8) is 0 Å². The van der Waals surface area contributed by atoms with E-state index in [0.29, 0.717) is 0 Å². The average molecular weight is 777 g/mol. The van der Waals surface area contributed by atoms with Crippen LogP contribution < -0.4 is 10.4 Å². The van der Waals surface area contributed by atoms with Gasteiger partial charge >= 0.3 is 23.9 Å². The molecule has 2 aromatic carbocycles. The highest BCUT2D eigenvalue weighted by molar-refractivity contribution is 6.99. The van der Waals surface area contributed by atoms with Crippen molar-refractivity contribution in [2.75, 3.05) is 27.4 Å². The van der Waals surface area contributed by atoms with Crippen LogP contribution in [0.5, 0.6) is 0 Å². The summed E-state index contributed by atoms with van der Waals surface area (Å²) in [4.78, 5) is 48.8. The number of methoxy groups -OCH3 is 2. The molecule has 2 heterocycles. The number of rotatable bonds is 15. The molecule has 0 amide bonds. The zero-order chi connectivity index (χ0) is 39.8. The lowest BCUT2D eigenvalue weighted by Crippen LogP contribution is -2.68. The highest BCUT2D eigenvalue weighted by atomic mass is 28.4. The quantitative estimate of drug-likeness (QED) is 0.157. The molecule has 0 bridgehead atoms. The Kier molecular flexibility index (Phi) is 14.9. The number of hydrogen-bond donors (Lipinski definition) is 1. The monoisotopic (exact) mass is 776 g/mol. The lowest BCUT2D eigenvalue weighted by molar-refractivity contribution is -0.327. The first-order valence-corrected chi connectivity index (χ1v) is 19.5. The second kappa shape index (κ2) is 18.7. The van der Waals surface area contributed by atoms with Crippen LogP contribution in [0.25, 0.3) is 0 Å². The second-order valence-corrected chi connectivity index (χ2v) is 18.4. The van der Waals surface area contributed by atoms with E-state index in [1.54, 1.807) is 0 Å². The van der Waals surface area contributed by atoms with Gasteiger partial charge in [-0.2, -0.15) is 0 Å². The first-order chi connectivity index (χ1) is 25.5. The van der Waals surface area contributed by atoms with Crippen LogP contribution in [-0.4, -0.2) is 126 Å². The first kappa shape index (κ1) is 43.0. The van der Waals surface area contributed by atoms with Crippen molar-refractivity contribution in [3.05, 3.63) is 60.7 Å². The molecule has 0 aliphatic carbocycles. The normalized spacial score (nSPS) is 27.8. The van der Waals surface area contributed by atoms with Crippen LogP contribution in [0.15, 0.2) is 60.7 Å². The number of benzene rings is 2. The van der Waals surface area contributed by atoms with Gasteiger partial charge in [0.05, 0.1) is 6.61 Å². The van der Waals surface area contributed by atoms with Crippen LogP contribution in [0.1, 0.15) is 48.5 Å². The molecule has 2 fully saturated rings. The van der Waals surface area contributed by atoms with E-state index in [1.807, 2.05) is 60.7 Å². The van der Waals surface area contributed by atoms with E-state index in [-0.39, 0.29) is 6.61 Å². The van der Waals surface area contributed by atoms with E-state index < -0.39 is 105 Å². The highest BCUT2D eigenvalue weighted by Gasteiger charge is 2.58. The number of aliphatic hydroxyl groups excluding tert-OH is 1. The number of ether oxygens (including phenoxy) is 9. The van der Waals surface area contributed by atoms with Crippen LogP contribution in [0, 0.1) is 0 Å². The molecule has 2 aliphatic rings. The lowest BCUT2D eigenvalue weighted by atomic mass is 9.98. The van der Waals surface area contributed by atoms with Crippen molar-refractivity contribution >= 4 is 42.6 Å². The Morgan fingerprint density at radius 1 is 0.722 bits per heavy atom. The predicted molar refractivity (Wildman–Crippen MR) is 193 cm³/mol. The summed E-state index contributed by atoms with van der Waals surface area (Å²) in [6, 6.07) is 19.8. The number of hydrogen-bond acceptors (Lipinski definition) is 15. The Labute approximate surface area is 316 Å². The Morgan fingerprint density at radius 2 is 1.26 bits per heavy atom. The summed E-state index contributed by atoms with van der Waals surface area (Å²) in [6.07, 6.45) is -12.7. The first-order valence-electron chi connectivity index (χ1n) is 17.6. The fraction of sp³-hybridized carbons (Fsp3) is 0.579. The summed E-state index contributed by atoms with van der Waals surface area (Å²) in [6.45, 7) is 10.4. The smallest absolute Gasteiger partial charge is 0.303 e. The second-order valence-electron chi connectivity index (χ2n) is 14.1. The van der Waals surface area contributed by atoms with Gasteiger partial charge in [0.25, 0.3) is 8.32 Å². The van der Waals surface area contributed by atoms with Crippen molar-refractivity contribution in [1.29, 1.82) is 0 Å². The van der Waals surface area contributed by atoms with Crippen LogP contribution in [0.2, 0.25) is 5.04 Å². The van der Waals surface area contributed by atoms with Gasteiger partial charge in [-0.05, 0) is 15.4 Å². The Hall–Kier alpha value is -3.74. The van der Waals surface area contributed by atoms with Crippen molar-refractivity contribution in [1.82, 2.24) is 0 Å². The number of carbonyl (C=O) groups is 4. The van der Waals surface area contributed by atoms with Crippen molar-refractivity contribution < 1.29 is 71.3 Å². The summed E-state index contributed by atoms with van der Waals surface area (Å²) >= 11 is 0. The van der Waals surface area contributed by atoms with Gasteiger partial charge in [-0.3, -0.25) is 19.2 Å². The van der Waals surface area contributed by atoms with Gasteiger partial charge in [0.15, 0.2) is 30.9 Å². The van der Waals surface area contributed by atoms with Crippen molar-refractivity contribution in [2.45, 2.75) is 115 Å². The van der Waals surface area contributed by atoms with E-state index in [2.05, 4.69) is 20.8 Å². The fourth-order valence-electron chi connectivity index (χ4n) is 7.15. The van der Waals surface area contributed by atoms with Crippen LogP contribution in [-0.2, 0) is 66.2 Å². The zero-order valence-electron chi connectivity index (χ0n) is 32.1. The van der Waals surface area contributed by atoms with Gasteiger partial charge in [0.1, 0.15) is 37.1 Å². The van der Waals surface area contributed by atoms with Crippen LogP contribution >= 0.6 is 0 Å². The summed E-state index contributed by atoms with van der Waals surface area (Å²) in [5.41, 5.74) is 0. The Balaban J connectivity index is 1.79. The van der Waals surface area contributed by atoms with E-state index in [9.17, 15) is 24.3 Å². The molecule has 0 spiro atoms. The topological polar surface area (TPSA) is 181 Å². The zero-order valence-corrected chi connectivity index (χ0v) is 33.1. The molecular formula is C38H52O15Si. The average Bonchev–Trinajstić information content (AvgIpc) is 3.42. The molecule has 10 atom stereocenters. The highest BCUT2D eigenvalue weighted by Crippen LogP contribution is 2.39. The van der Waals surface area contributed by atoms with E-state index in [1.165, 1.54) is 21.1 Å². The summed E-state index contributed by atoms with van der Waals surface area (Å²) in [7, 11) is -0.368. The number of esters is 4. The maximum atomic E-state index is 12.5.